The fourth-order valence-electron chi connectivity index (χ4n) is 0.792. The SMILES string of the molecule is CC(C)(CNc1nc(Cl)nc(Cl)n1)C(N)=O. The predicted molar refractivity (Wildman–Crippen MR) is 61.3 cm³/mol. The molecule has 0 unspecified atom stereocenters. The fourth-order valence-corrected chi connectivity index (χ4v) is 1.16. The highest BCUT2D eigenvalue weighted by Crippen LogP contribution is 2.15. The van der Waals surface area contributed by atoms with E-state index in [0.29, 0.717) is 0 Å². The molecular weight excluding hydrogens is 253 g/mol. The van der Waals surface area contributed by atoms with Crippen molar-refractivity contribution >= 4 is 35.1 Å². The lowest BCUT2D eigenvalue weighted by molar-refractivity contribution is -0.125. The van der Waals surface area contributed by atoms with Gasteiger partial charge in [-0.15, -0.1) is 0 Å². The number of carbonyl (C=O) groups excluding carboxylic acids is 1. The molecule has 1 amide bonds. The minimum absolute atomic E-state index is 0.0145. The molecule has 0 aliphatic heterocycles. The van der Waals surface area contributed by atoms with E-state index in [0.717, 1.165) is 0 Å². The molecule has 0 fully saturated rings. The van der Waals surface area contributed by atoms with E-state index in [1.807, 2.05) is 0 Å². The lowest BCUT2D eigenvalue weighted by Gasteiger charge is -2.20. The van der Waals surface area contributed by atoms with Crippen LogP contribution in [-0.2, 0) is 4.79 Å². The van der Waals surface area contributed by atoms with Crippen molar-refractivity contribution in [1.29, 1.82) is 0 Å². The van der Waals surface area contributed by atoms with E-state index < -0.39 is 11.3 Å². The zero-order valence-electron chi connectivity index (χ0n) is 8.79. The Morgan fingerprint density at radius 3 is 2.25 bits per heavy atom. The maximum absolute atomic E-state index is 11.1. The molecule has 0 atom stereocenters. The molecule has 1 aromatic rings. The average molecular weight is 264 g/mol. The number of halogens is 2. The molecule has 0 spiro atoms. The minimum Gasteiger partial charge on any atom is -0.369 e. The zero-order chi connectivity index (χ0) is 12.3. The van der Waals surface area contributed by atoms with Crippen LogP contribution in [0.15, 0.2) is 0 Å². The van der Waals surface area contributed by atoms with E-state index >= 15 is 0 Å². The van der Waals surface area contributed by atoms with Crippen LogP contribution in [0.25, 0.3) is 0 Å². The van der Waals surface area contributed by atoms with Crippen molar-refractivity contribution in [3.63, 3.8) is 0 Å². The van der Waals surface area contributed by atoms with Crippen LogP contribution in [0.4, 0.5) is 5.95 Å². The van der Waals surface area contributed by atoms with Gasteiger partial charge in [-0.1, -0.05) is 0 Å². The number of carbonyl (C=O) groups is 1. The van der Waals surface area contributed by atoms with Gasteiger partial charge in [0.15, 0.2) is 0 Å². The summed E-state index contributed by atoms with van der Waals surface area (Å²) in [5.41, 5.74) is 4.49. The molecule has 3 N–H and O–H groups in total. The second-order valence-corrected chi connectivity index (χ2v) is 4.47. The van der Waals surface area contributed by atoms with Gasteiger partial charge < -0.3 is 11.1 Å². The third kappa shape index (κ3) is 3.46. The highest BCUT2D eigenvalue weighted by molar-refractivity contribution is 6.31. The van der Waals surface area contributed by atoms with Gasteiger partial charge in [-0.2, -0.15) is 15.0 Å². The summed E-state index contributed by atoms with van der Waals surface area (Å²) in [6.45, 7) is 3.68. The number of nitrogens with one attached hydrogen (secondary N) is 1. The predicted octanol–water partition coefficient (Wildman–Crippen LogP) is 1.10. The molecule has 0 aliphatic rings. The first-order valence-corrected chi connectivity index (χ1v) is 5.18. The van der Waals surface area contributed by atoms with Gasteiger partial charge in [-0.05, 0) is 37.0 Å². The van der Waals surface area contributed by atoms with E-state index in [-0.39, 0.29) is 23.1 Å². The third-order valence-corrected chi connectivity index (χ3v) is 2.27. The second kappa shape index (κ2) is 4.80. The number of rotatable bonds is 4. The van der Waals surface area contributed by atoms with Crippen molar-refractivity contribution in [2.24, 2.45) is 11.1 Å². The van der Waals surface area contributed by atoms with E-state index in [4.69, 9.17) is 28.9 Å². The summed E-state index contributed by atoms with van der Waals surface area (Å²) < 4.78 is 0. The number of aromatic nitrogens is 3. The second-order valence-electron chi connectivity index (χ2n) is 3.80. The van der Waals surface area contributed by atoms with E-state index in [2.05, 4.69) is 20.3 Å². The minimum atomic E-state index is -0.717. The van der Waals surface area contributed by atoms with Crippen LogP contribution < -0.4 is 11.1 Å². The number of anilines is 1. The van der Waals surface area contributed by atoms with E-state index in [1.54, 1.807) is 13.8 Å². The van der Waals surface area contributed by atoms with Crippen LogP contribution in [0.3, 0.4) is 0 Å². The van der Waals surface area contributed by atoms with Crippen LogP contribution >= 0.6 is 23.2 Å². The summed E-state index contributed by atoms with van der Waals surface area (Å²) >= 11 is 11.2. The van der Waals surface area contributed by atoms with Crippen molar-refractivity contribution in [1.82, 2.24) is 15.0 Å². The Morgan fingerprint density at radius 2 is 1.81 bits per heavy atom. The Labute approximate surface area is 103 Å². The van der Waals surface area contributed by atoms with Crippen molar-refractivity contribution in [3.8, 4) is 0 Å². The number of nitrogens with zero attached hydrogens (tertiary/aromatic N) is 3. The topological polar surface area (TPSA) is 93.8 Å². The Hall–Kier alpha value is -1.14. The summed E-state index contributed by atoms with van der Waals surface area (Å²) in [5, 5.41) is 2.79. The molecular formula is C8H11Cl2N5O. The van der Waals surface area contributed by atoms with Crippen molar-refractivity contribution in [2.45, 2.75) is 13.8 Å². The Kier molecular flexibility index (Phi) is 3.88. The monoisotopic (exact) mass is 263 g/mol. The lowest BCUT2D eigenvalue weighted by atomic mass is 9.93. The van der Waals surface area contributed by atoms with Crippen LogP contribution in [0, 0.1) is 5.41 Å². The molecule has 1 heterocycles. The van der Waals surface area contributed by atoms with Gasteiger partial charge in [0.05, 0.1) is 5.41 Å². The normalized spacial score (nSPS) is 11.2. The zero-order valence-corrected chi connectivity index (χ0v) is 10.3. The van der Waals surface area contributed by atoms with Crippen LogP contribution in [0.2, 0.25) is 10.6 Å². The van der Waals surface area contributed by atoms with Crippen LogP contribution in [0.1, 0.15) is 13.8 Å². The van der Waals surface area contributed by atoms with E-state index in [9.17, 15) is 4.79 Å². The summed E-state index contributed by atoms with van der Waals surface area (Å²) in [7, 11) is 0. The molecule has 88 valence electrons. The number of amides is 1. The fraction of sp³-hybridized carbons (Fsp3) is 0.500. The van der Waals surface area contributed by atoms with Gasteiger partial charge in [0.1, 0.15) is 0 Å². The summed E-state index contributed by atoms with van der Waals surface area (Å²) in [6.07, 6.45) is 0. The maximum Gasteiger partial charge on any atom is 0.228 e. The quantitative estimate of drug-likeness (QED) is 0.849. The smallest absolute Gasteiger partial charge is 0.228 e. The van der Waals surface area contributed by atoms with Crippen LogP contribution in [-0.4, -0.2) is 27.4 Å². The Morgan fingerprint density at radius 1 is 1.31 bits per heavy atom. The van der Waals surface area contributed by atoms with Crippen molar-refractivity contribution in [2.75, 3.05) is 11.9 Å². The molecule has 0 aromatic carbocycles. The first-order valence-electron chi connectivity index (χ1n) is 4.42. The molecule has 0 saturated heterocycles. The van der Waals surface area contributed by atoms with Crippen LogP contribution in [0.5, 0.6) is 0 Å². The first-order chi connectivity index (χ1) is 7.31. The number of hydrogen-bond acceptors (Lipinski definition) is 5. The number of primary amides is 1. The highest BCUT2D eigenvalue weighted by atomic mass is 35.5. The lowest BCUT2D eigenvalue weighted by Crippen LogP contribution is -2.37. The molecule has 1 aromatic heterocycles. The molecule has 0 aliphatic carbocycles. The molecule has 1 rings (SSSR count). The van der Waals surface area contributed by atoms with Gasteiger partial charge in [-0.3, -0.25) is 4.79 Å². The molecule has 16 heavy (non-hydrogen) atoms. The van der Waals surface area contributed by atoms with Gasteiger partial charge in [0, 0.05) is 6.54 Å². The molecule has 6 nitrogen and oxygen atoms in total. The van der Waals surface area contributed by atoms with Gasteiger partial charge in [0.2, 0.25) is 22.4 Å². The number of hydrogen-bond donors (Lipinski definition) is 2. The highest BCUT2D eigenvalue weighted by Gasteiger charge is 2.24. The molecule has 8 heteroatoms. The number of nitrogens with two attached hydrogens (primary N) is 1. The van der Waals surface area contributed by atoms with E-state index in [1.165, 1.54) is 0 Å². The third-order valence-electron chi connectivity index (χ3n) is 1.94. The molecule has 0 saturated carbocycles. The van der Waals surface area contributed by atoms with Gasteiger partial charge in [-0.25, -0.2) is 0 Å². The largest absolute Gasteiger partial charge is 0.369 e. The summed E-state index contributed by atoms with van der Waals surface area (Å²) in [4.78, 5) is 22.2. The van der Waals surface area contributed by atoms with Crippen molar-refractivity contribution in [3.05, 3.63) is 10.6 Å². The Bertz CT molecular complexity index is 389. The van der Waals surface area contributed by atoms with Gasteiger partial charge >= 0.3 is 0 Å². The summed E-state index contributed by atoms with van der Waals surface area (Å²) in [6, 6.07) is 0. The average Bonchev–Trinajstić information content (AvgIpc) is 2.13. The summed E-state index contributed by atoms with van der Waals surface area (Å²) in [5.74, 6) is -0.217. The Balaban J connectivity index is 2.71. The standard InChI is InChI=1S/C8H11Cl2N5O/c1-8(2,4(11)16)3-12-7-14-5(9)13-6(10)15-7/h3H2,1-2H3,(H2,11,16)(H,12,13,14,15). The van der Waals surface area contributed by atoms with Crippen molar-refractivity contribution < 1.29 is 4.79 Å². The first kappa shape index (κ1) is 12.9. The molecule has 0 bridgehead atoms. The van der Waals surface area contributed by atoms with Gasteiger partial charge in [0.25, 0.3) is 0 Å². The maximum atomic E-state index is 11.1. The molecule has 0 radical (unpaired) electrons.